The van der Waals surface area contributed by atoms with Crippen LogP contribution in [0.15, 0.2) is 158 Å². The van der Waals surface area contributed by atoms with Gasteiger partial charge in [0.05, 0.1) is 0 Å². The van der Waals surface area contributed by atoms with Crippen LogP contribution >= 0.6 is 0 Å². The molecule has 0 saturated carbocycles. The molecule has 0 unspecified atom stereocenters. The van der Waals surface area contributed by atoms with Gasteiger partial charge in [-0.1, -0.05) is 109 Å². The Morgan fingerprint density at radius 1 is 0.341 bits per heavy atom. The maximum Gasteiger partial charge on any atom is 0.213 e. The van der Waals surface area contributed by atoms with Gasteiger partial charge < -0.3 is 0 Å². The first kappa shape index (κ1) is 27.2. The normalized spacial score (nSPS) is 11.6. The molecule has 0 N–H and O–H groups in total. The van der Waals surface area contributed by atoms with Gasteiger partial charge in [0.2, 0.25) is 22.4 Å². The quantitative estimate of drug-likeness (QED) is 0.162. The van der Waals surface area contributed by atoms with Crippen LogP contribution < -0.4 is 9.13 Å². The van der Waals surface area contributed by atoms with Crippen LogP contribution in [0.25, 0.3) is 46.1 Å². The predicted octanol–water partition coefficient (Wildman–Crippen LogP) is 9.01. The fourth-order valence-corrected chi connectivity index (χ4v) is 5.81. The Balaban J connectivity index is 1.19. The largest absolute Gasteiger partial charge is 0.213 e. The molecule has 0 radical (unpaired) electrons. The second-order valence-electron chi connectivity index (χ2n) is 11.1. The van der Waals surface area contributed by atoms with Crippen LogP contribution in [0.3, 0.4) is 0 Å². The van der Waals surface area contributed by atoms with E-state index in [4.69, 9.17) is 0 Å². The summed E-state index contributed by atoms with van der Waals surface area (Å²) < 4.78 is 4.82. The van der Waals surface area contributed by atoms with Crippen LogP contribution in [0.2, 0.25) is 0 Å². The molecule has 0 aliphatic rings. The smallest absolute Gasteiger partial charge is 0.187 e. The molecule has 0 aliphatic carbocycles. The van der Waals surface area contributed by atoms with Gasteiger partial charge >= 0.3 is 0 Å². The summed E-state index contributed by atoms with van der Waals surface area (Å²) in [6.45, 7) is 1.59. The number of benzene rings is 5. The van der Waals surface area contributed by atoms with Gasteiger partial charge in [-0.05, 0) is 47.5 Å². The minimum atomic E-state index is 0.794. The van der Waals surface area contributed by atoms with Crippen molar-refractivity contribution in [3.8, 4) is 0 Å². The van der Waals surface area contributed by atoms with E-state index < -0.39 is 0 Å². The van der Waals surface area contributed by atoms with E-state index in [9.17, 15) is 0 Å². The Morgan fingerprint density at radius 2 is 0.727 bits per heavy atom. The van der Waals surface area contributed by atoms with Crippen LogP contribution in [-0.4, -0.2) is 0 Å². The minimum absolute atomic E-state index is 0.794. The van der Waals surface area contributed by atoms with Gasteiger partial charge in [-0.15, -0.1) is 0 Å². The number of hydrogen-bond acceptors (Lipinski definition) is 0. The molecule has 0 aliphatic heterocycles. The van der Waals surface area contributed by atoms with E-state index in [0.717, 1.165) is 13.1 Å². The Hall–Kier alpha value is -5.60. The second kappa shape index (κ2) is 12.7. The van der Waals surface area contributed by atoms with E-state index in [1.54, 1.807) is 0 Å². The highest BCUT2D eigenvalue weighted by atomic mass is 15.0. The molecule has 210 valence electrons. The molecule has 2 aromatic heterocycles. The monoisotopic (exact) mass is 566 g/mol. The molecule has 0 fully saturated rings. The molecule has 0 amide bonds. The number of nitrogens with zero attached hydrogens (tertiary/aromatic N) is 2. The van der Waals surface area contributed by atoms with Crippen molar-refractivity contribution < 1.29 is 9.13 Å². The van der Waals surface area contributed by atoms with Crippen LogP contribution in [-0.2, 0) is 13.1 Å². The number of rotatable bonds is 8. The number of fused-ring (bicyclic) bond motifs is 2. The van der Waals surface area contributed by atoms with Crippen molar-refractivity contribution in [1.29, 1.82) is 0 Å². The molecule has 5 aromatic carbocycles. The lowest BCUT2D eigenvalue weighted by Crippen LogP contribution is -2.39. The van der Waals surface area contributed by atoms with Gasteiger partial charge in [0.15, 0.2) is 13.1 Å². The zero-order valence-electron chi connectivity index (χ0n) is 24.6. The standard InChI is InChI=1S/C42H34N2/c1-3-11-33(12-4-1)23-27-39-29-25-37-15-7-9-17-41(37)43(39)31-35-19-21-36(22-20-35)32-44-40(28-24-34-13-5-2-6-14-34)30-26-38-16-8-10-18-42(38)44/h1-30H,31-32H2/q+2/b27-23+,28-24+. The summed E-state index contributed by atoms with van der Waals surface area (Å²) in [5, 5.41) is 2.48. The lowest BCUT2D eigenvalue weighted by atomic mass is 10.1. The highest BCUT2D eigenvalue weighted by molar-refractivity contribution is 5.78. The first-order valence-corrected chi connectivity index (χ1v) is 15.2. The molecule has 0 spiro atoms. The van der Waals surface area contributed by atoms with Gasteiger partial charge in [0.25, 0.3) is 0 Å². The van der Waals surface area contributed by atoms with Gasteiger partial charge in [0.1, 0.15) is 0 Å². The summed E-state index contributed by atoms with van der Waals surface area (Å²) in [7, 11) is 0. The van der Waals surface area contributed by atoms with E-state index in [1.807, 2.05) is 0 Å². The summed E-state index contributed by atoms with van der Waals surface area (Å²) in [6, 6.07) is 56.2. The lowest BCUT2D eigenvalue weighted by molar-refractivity contribution is -0.664. The fraction of sp³-hybridized carbons (Fsp3) is 0.0476. The van der Waals surface area contributed by atoms with Crippen molar-refractivity contribution in [3.63, 3.8) is 0 Å². The SMILES string of the molecule is C(=C\c1ccc2ccccc2[n+]1Cc1ccc(C[n+]2c(/C=C/c3ccccc3)ccc3ccccc32)cc1)/c1ccccc1. The molecule has 2 heteroatoms. The zero-order valence-corrected chi connectivity index (χ0v) is 24.6. The summed E-state index contributed by atoms with van der Waals surface area (Å²) in [5.41, 5.74) is 9.76. The van der Waals surface area contributed by atoms with Crippen molar-refractivity contribution in [1.82, 2.24) is 0 Å². The van der Waals surface area contributed by atoms with Gasteiger partial charge in [-0.25, -0.2) is 0 Å². The van der Waals surface area contributed by atoms with Crippen molar-refractivity contribution in [2.45, 2.75) is 13.1 Å². The average Bonchev–Trinajstić information content (AvgIpc) is 3.09. The summed E-state index contributed by atoms with van der Waals surface area (Å²) in [4.78, 5) is 0. The number of pyridine rings is 2. The maximum absolute atomic E-state index is 2.41. The average molecular weight is 567 g/mol. The summed E-state index contributed by atoms with van der Waals surface area (Å²) in [6.07, 6.45) is 8.82. The van der Waals surface area contributed by atoms with Crippen molar-refractivity contribution in [3.05, 3.63) is 191 Å². The molecule has 7 aromatic rings. The van der Waals surface area contributed by atoms with E-state index in [2.05, 4.69) is 191 Å². The fourth-order valence-electron chi connectivity index (χ4n) is 5.81. The van der Waals surface area contributed by atoms with Crippen LogP contribution in [0, 0.1) is 0 Å². The third kappa shape index (κ3) is 6.11. The first-order valence-electron chi connectivity index (χ1n) is 15.2. The number of hydrogen-bond donors (Lipinski definition) is 0. The molecular formula is C42H34N2+2. The minimum Gasteiger partial charge on any atom is -0.187 e. The van der Waals surface area contributed by atoms with Gasteiger partial charge in [-0.2, -0.15) is 9.13 Å². The molecule has 44 heavy (non-hydrogen) atoms. The Labute approximate surface area is 259 Å². The summed E-state index contributed by atoms with van der Waals surface area (Å²) in [5.74, 6) is 0. The van der Waals surface area contributed by atoms with Crippen molar-refractivity contribution in [2.75, 3.05) is 0 Å². The van der Waals surface area contributed by atoms with Crippen molar-refractivity contribution in [2.24, 2.45) is 0 Å². The van der Waals surface area contributed by atoms with Crippen LogP contribution in [0.5, 0.6) is 0 Å². The molecule has 2 nitrogen and oxygen atoms in total. The highest BCUT2D eigenvalue weighted by Gasteiger charge is 2.17. The van der Waals surface area contributed by atoms with Gasteiger partial charge in [0, 0.05) is 58.3 Å². The van der Waals surface area contributed by atoms with E-state index in [-0.39, 0.29) is 0 Å². The van der Waals surface area contributed by atoms with Crippen LogP contribution in [0.1, 0.15) is 33.6 Å². The number of aromatic nitrogens is 2. The topological polar surface area (TPSA) is 7.76 Å². The Bertz CT molecular complexity index is 1940. The Morgan fingerprint density at radius 3 is 1.16 bits per heavy atom. The Kier molecular flexibility index (Phi) is 7.88. The lowest BCUT2D eigenvalue weighted by Gasteiger charge is -2.08. The molecule has 0 saturated heterocycles. The predicted molar refractivity (Wildman–Crippen MR) is 184 cm³/mol. The third-order valence-electron chi connectivity index (χ3n) is 8.14. The molecule has 7 rings (SSSR count). The zero-order chi connectivity index (χ0) is 29.6. The second-order valence-corrected chi connectivity index (χ2v) is 11.1. The van der Waals surface area contributed by atoms with Crippen LogP contribution in [0.4, 0.5) is 0 Å². The number of para-hydroxylation sites is 2. The first-order chi connectivity index (χ1) is 21.8. The van der Waals surface area contributed by atoms with Gasteiger partial charge in [-0.3, -0.25) is 0 Å². The van der Waals surface area contributed by atoms with Crippen molar-refractivity contribution >= 4 is 46.1 Å². The van der Waals surface area contributed by atoms with E-state index >= 15 is 0 Å². The summed E-state index contributed by atoms with van der Waals surface area (Å²) >= 11 is 0. The molecule has 2 heterocycles. The molecular weight excluding hydrogens is 532 g/mol. The van der Waals surface area contributed by atoms with E-state index in [0.29, 0.717) is 0 Å². The molecule has 0 atom stereocenters. The van der Waals surface area contributed by atoms with E-state index in [1.165, 1.54) is 55.4 Å². The third-order valence-corrected chi connectivity index (χ3v) is 8.14. The molecule has 0 bridgehead atoms. The highest BCUT2D eigenvalue weighted by Crippen LogP contribution is 2.17. The maximum atomic E-state index is 2.41.